The zero-order valence-electron chi connectivity index (χ0n) is 17.9. The molecular weight excluding hydrogens is 409 g/mol. The molecule has 0 radical (unpaired) electrons. The van der Waals surface area contributed by atoms with Crippen molar-refractivity contribution in [1.29, 1.82) is 0 Å². The van der Waals surface area contributed by atoms with Crippen molar-refractivity contribution in [2.75, 3.05) is 50.0 Å². The minimum atomic E-state index is -4.58. The molecule has 1 heterocycles. The molecule has 0 aromatic heterocycles. The van der Waals surface area contributed by atoms with E-state index in [4.69, 9.17) is 0 Å². The third kappa shape index (κ3) is 6.59. The van der Waals surface area contributed by atoms with Gasteiger partial charge in [-0.25, -0.2) is 0 Å². The second kappa shape index (κ2) is 10.3. The van der Waals surface area contributed by atoms with E-state index < -0.39 is 17.6 Å². The van der Waals surface area contributed by atoms with E-state index in [0.29, 0.717) is 18.8 Å². The number of benzene rings is 1. The number of hydrogen-bond acceptors (Lipinski definition) is 4. The van der Waals surface area contributed by atoms with Crippen LogP contribution in [-0.4, -0.2) is 56.5 Å². The lowest BCUT2D eigenvalue weighted by Gasteiger charge is -2.34. The molecule has 172 valence electrons. The maximum Gasteiger partial charge on any atom is 0.418 e. The molecule has 1 aromatic rings. The summed E-state index contributed by atoms with van der Waals surface area (Å²) in [6.45, 7) is 2.99. The zero-order valence-corrected chi connectivity index (χ0v) is 17.9. The van der Waals surface area contributed by atoms with Crippen molar-refractivity contribution < 1.29 is 22.8 Å². The Morgan fingerprint density at radius 1 is 1.06 bits per heavy atom. The normalized spacial score (nSPS) is 18.6. The molecule has 2 N–H and O–H groups in total. The third-order valence-corrected chi connectivity index (χ3v) is 6.08. The number of piperazine rings is 1. The molecule has 9 heteroatoms. The van der Waals surface area contributed by atoms with Crippen LogP contribution in [0.25, 0.3) is 0 Å². The lowest BCUT2D eigenvalue weighted by atomic mass is 9.89. The summed E-state index contributed by atoms with van der Waals surface area (Å²) in [5.41, 5.74) is -0.615. The van der Waals surface area contributed by atoms with Crippen LogP contribution in [0.15, 0.2) is 18.2 Å². The number of likely N-dealkylation sites (N-methyl/N-ethyl adjacent to an activating group) is 1. The molecule has 2 aliphatic rings. The second-order valence-corrected chi connectivity index (χ2v) is 8.44. The van der Waals surface area contributed by atoms with Crippen LogP contribution in [0.1, 0.15) is 44.1 Å². The molecule has 3 rings (SSSR count). The molecule has 0 atom stereocenters. The van der Waals surface area contributed by atoms with Crippen LogP contribution in [0.3, 0.4) is 0 Å². The first-order chi connectivity index (χ1) is 14.7. The van der Waals surface area contributed by atoms with Crippen LogP contribution in [0.2, 0.25) is 0 Å². The van der Waals surface area contributed by atoms with Gasteiger partial charge in [0.1, 0.15) is 0 Å². The molecular formula is C22H31F3N4O2. The molecule has 1 saturated heterocycles. The number of halogens is 3. The first-order valence-electron chi connectivity index (χ1n) is 11.0. The molecule has 1 aromatic carbocycles. The zero-order chi connectivity index (χ0) is 22.4. The van der Waals surface area contributed by atoms with E-state index in [1.165, 1.54) is 6.07 Å². The fraction of sp³-hybridized carbons (Fsp3) is 0.636. The molecule has 1 saturated carbocycles. The number of carbonyl (C=O) groups excluding carboxylic acids is 2. The van der Waals surface area contributed by atoms with Crippen LogP contribution in [0.5, 0.6) is 0 Å². The van der Waals surface area contributed by atoms with Gasteiger partial charge in [0.2, 0.25) is 11.8 Å². The van der Waals surface area contributed by atoms with E-state index in [-0.39, 0.29) is 30.5 Å². The van der Waals surface area contributed by atoms with E-state index in [9.17, 15) is 22.8 Å². The summed E-state index contributed by atoms with van der Waals surface area (Å²) in [4.78, 5) is 28.4. The van der Waals surface area contributed by atoms with Crippen LogP contribution in [0, 0.1) is 5.92 Å². The first-order valence-corrected chi connectivity index (χ1v) is 11.0. The number of alkyl halides is 3. The predicted molar refractivity (Wildman–Crippen MR) is 114 cm³/mol. The largest absolute Gasteiger partial charge is 0.418 e. The van der Waals surface area contributed by atoms with Gasteiger partial charge in [0.25, 0.3) is 0 Å². The van der Waals surface area contributed by atoms with Gasteiger partial charge in [-0.05, 0) is 38.1 Å². The Hall–Kier alpha value is -2.29. The lowest BCUT2D eigenvalue weighted by molar-refractivity contribution is -0.137. The summed E-state index contributed by atoms with van der Waals surface area (Å²) in [6, 6.07) is 4.03. The second-order valence-electron chi connectivity index (χ2n) is 8.44. The third-order valence-electron chi connectivity index (χ3n) is 6.08. The minimum absolute atomic E-state index is 0.0178. The topological polar surface area (TPSA) is 64.7 Å². The highest BCUT2D eigenvalue weighted by molar-refractivity contribution is 5.92. The number of hydrogen-bond donors (Lipinski definition) is 2. The van der Waals surface area contributed by atoms with Crippen LogP contribution < -0.4 is 15.5 Å². The Bertz CT molecular complexity index is 771. The van der Waals surface area contributed by atoms with Gasteiger partial charge in [0, 0.05) is 50.7 Å². The van der Waals surface area contributed by atoms with Crippen molar-refractivity contribution in [2.24, 2.45) is 5.92 Å². The van der Waals surface area contributed by atoms with Crippen molar-refractivity contribution >= 4 is 23.2 Å². The summed E-state index contributed by atoms with van der Waals surface area (Å²) in [6.07, 6.45) is 0.253. The van der Waals surface area contributed by atoms with Crippen LogP contribution >= 0.6 is 0 Å². The van der Waals surface area contributed by atoms with E-state index in [0.717, 1.165) is 51.3 Å². The van der Waals surface area contributed by atoms with Gasteiger partial charge in [-0.2, -0.15) is 13.2 Å². The van der Waals surface area contributed by atoms with Crippen LogP contribution in [-0.2, 0) is 15.8 Å². The van der Waals surface area contributed by atoms with E-state index in [2.05, 4.69) is 15.5 Å². The maximum absolute atomic E-state index is 13.6. The summed E-state index contributed by atoms with van der Waals surface area (Å²) in [5.74, 6) is -0.641. The summed E-state index contributed by atoms with van der Waals surface area (Å²) < 4.78 is 40.9. The number of amides is 2. The molecule has 6 nitrogen and oxygen atoms in total. The van der Waals surface area contributed by atoms with Crippen LogP contribution in [0.4, 0.5) is 24.5 Å². The molecule has 31 heavy (non-hydrogen) atoms. The molecule has 1 aliphatic heterocycles. The Kier molecular flexibility index (Phi) is 7.80. The molecule has 0 bridgehead atoms. The van der Waals surface area contributed by atoms with Crippen molar-refractivity contribution in [3.8, 4) is 0 Å². The van der Waals surface area contributed by atoms with E-state index in [1.54, 1.807) is 6.07 Å². The Morgan fingerprint density at radius 3 is 2.39 bits per heavy atom. The number of anilines is 2. The summed E-state index contributed by atoms with van der Waals surface area (Å²) >= 11 is 0. The Balaban J connectivity index is 1.58. The number of nitrogens with one attached hydrogen (secondary N) is 2. The highest BCUT2D eigenvalue weighted by atomic mass is 19.4. The standard InChI is InChI=1S/C22H31F3N4O2/c1-28-11-13-29(14-12-28)17-7-8-19(18(15-17)22(23,24)25)27-20(30)9-10-26-21(31)16-5-3-2-4-6-16/h7-8,15-16H,2-6,9-14H2,1H3,(H,26,31)(H,27,30). The quantitative estimate of drug-likeness (QED) is 0.711. The van der Waals surface area contributed by atoms with Crippen molar-refractivity contribution in [1.82, 2.24) is 10.2 Å². The molecule has 2 fully saturated rings. The average molecular weight is 441 g/mol. The predicted octanol–water partition coefficient (Wildman–Crippen LogP) is 3.48. The first kappa shape index (κ1) is 23.4. The van der Waals surface area contributed by atoms with Gasteiger partial charge in [0.15, 0.2) is 0 Å². The number of carbonyl (C=O) groups is 2. The Morgan fingerprint density at radius 2 is 1.74 bits per heavy atom. The van der Waals surface area contributed by atoms with Gasteiger partial charge in [0.05, 0.1) is 11.3 Å². The molecule has 1 aliphatic carbocycles. The SMILES string of the molecule is CN1CCN(c2ccc(NC(=O)CCNC(=O)C3CCCCC3)c(C(F)(F)F)c2)CC1. The number of nitrogens with zero attached hydrogens (tertiary/aromatic N) is 2. The smallest absolute Gasteiger partial charge is 0.369 e. The van der Waals surface area contributed by atoms with Gasteiger partial charge in [-0.3, -0.25) is 9.59 Å². The highest BCUT2D eigenvalue weighted by Crippen LogP contribution is 2.37. The molecule has 0 spiro atoms. The lowest BCUT2D eigenvalue weighted by Crippen LogP contribution is -2.44. The highest BCUT2D eigenvalue weighted by Gasteiger charge is 2.35. The maximum atomic E-state index is 13.6. The van der Waals surface area contributed by atoms with E-state index >= 15 is 0 Å². The molecule has 2 amide bonds. The average Bonchev–Trinajstić information content (AvgIpc) is 2.74. The van der Waals surface area contributed by atoms with Gasteiger partial charge in [-0.15, -0.1) is 0 Å². The molecule has 0 unspecified atom stereocenters. The fourth-order valence-electron chi connectivity index (χ4n) is 4.16. The van der Waals surface area contributed by atoms with Gasteiger partial charge >= 0.3 is 6.18 Å². The van der Waals surface area contributed by atoms with Gasteiger partial charge < -0.3 is 20.4 Å². The number of rotatable bonds is 6. The fourth-order valence-corrected chi connectivity index (χ4v) is 4.16. The monoisotopic (exact) mass is 440 g/mol. The van der Waals surface area contributed by atoms with Crippen molar-refractivity contribution in [3.63, 3.8) is 0 Å². The minimum Gasteiger partial charge on any atom is -0.369 e. The van der Waals surface area contributed by atoms with E-state index in [1.807, 2.05) is 11.9 Å². The summed E-state index contributed by atoms with van der Waals surface area (Å²) in [7, 11) is 1.98. The summed E-state index contributed by atoms with van der Waals surface area (Å²) in [5, 5.41) is 5.11. The van der Waals surface area contributed by atoms with Gasteiger partial charge in [-0.1, -0.05) is 19.3 Å². The Labute approximate surface area is 181 Å². The van der Waals surface area contributed by atoms with Crippen molar-refractivity contribution in [3.05, 3.63) is 23.8 Å². The van der Waals surface area contributed by atoms with Crippen molar-refractivity contribution in [2.45, 2.75) is 44.7 Å².